The predicted molar refractivity (Wildman–Crippen MR) is 82.2 cm³/mol. The van der Waals surface area contributed by atoms with E-state index in [-0.39, 0.29) is 18.4 Å². The van der Waals surface area contributed by atoms with E-state index in [1.807, 2.05) is 0 Å². The largest absolute Gasteiger partial charge is 0.471 e. The first kappa shape index (κ1) is 19.6. The predicted octanol–water partition coefficient (Wildman–Crippen LogP) is -2.87. The molecule has 1 saturated carbocycles. The highest BCUT2D eigenvalue weighted by Crippen LogP contribution is 2.51. The van der Waals surface area contributed by atoms with Crippen molar-refractivity contribution in [2.45, 2.75) is 68.0 Å². The normalized spacial score (nSPS) is 51.3. The van der Waals surface area contributed by atoms with Crippen LogP contribution in [-0.2, 0) is 19.0 Å². The first-order valence-corrected chi connectivity index (χ1v) is 8.37. The summed E-state index contributed by atoms with van der Waals surface area (Å²) in [6.45, 7) is 0.840. The SMILES string of the molecule is C[C@@]1(O)CC[C@@]2(O)C(C=O)=CO[C@H](O[C@H]3O[C@@H](CO)[C@H](O)[C@@H](O)[C@@H]3O)[C@H]21. The summed E-state index contributed by atoms with van der Waals surface area (Å²) >= 11 is 0. The third-order valence-electron chi connectivity index (χ3n) is 5.54. The van der Waals surface area contributed by atoms with E-state index in [0.717, 1.165) is 6.26 Å². The molecule has 2 heterocycles. The zero-order valence-electron chi connectivity index (χ0n) is 14.1. The zero-order valence-corrected chi connectivity index (χ0v) is 14.1. The molecule has 6 N–H and O–H groups in total. The van der Waals surface area contributed by atoms with Gasteiger partial charge in [-0.3, -0.25) is 4.79 Å². The van der Waals surface area contributed by atoms with Gasteiger partial charge in [0.05, 0.1) is 30.0 Å². The molecule has 0 amide bonds. The molecule has 0 bridgehead atoms. The molecule has 1 saturated heterocycles. The fourth-order valence-corrected chi connectivity index (χ4v) is 3.98. The van der Waals surface area contributed by atoms with Gasteiger partial charge in [-0.25, -0.2) is 0 Å². The highest BCUT2D eigenvalue weighted by molar-refractivity contribution is 5.76. The maximum absolute atomic E-state index is 11.2. The first-order valence-electron chi connectivity index (χ1n) is 8.37. The number of aldehydes is 1. The van der Waals surface area contributed by atoms with E-state index < -0.39 is 60.7 Å². The minimum atomic E-state index is -1.68. The van der Waals surface area contributed by atoms with Gasteiger partial charge >= 0.3 is 0 Å². The number of carbonyl (C=O) groups excluding carboxylic acids is 1. The van der Waals surface area contributed by atoms with Crippen molar-refractivity contribution in [1.82, 2.24) is 0 Å². The van der Waals surface area contributed by atoms with E-state index in [4.69, 9.17) is 14.2 Å². The van der Waals surface area contributed by atoms with Crippen molar-refractivity contribution in [1.29, 1.82) is 0 Å². The highest BCUT2D eigenvalue weighted by atomic mass is 16.8. The van der Waals surface area contributed by atoms with E-state index in [1.165, 1.54) is 6.92 Å². The second kappa shape index (κ2) is 6.80. The highest BCUT2D eigenvalue weighted by Gasteiger charge is 2.62. The standard InChI is InChI=1S/C16H24O10/c1-15(22)2-3-16(23)7(4-17)6-24-14(12(15)16)26-13-11(21)10(20)9(19)8(5-18)25-13/h4,6,8-14,18-23H,2-3,5H2,1H3/t8-,9-,10+,11-,12-,13+,14+,15+,16+/m0/s1. The van der Waals surface area contributed by atoms with Gasteiger partial charge in [-0.1, -0.05) is 0 Å². The molecule has 2 fully saturated rings. The van der Waals surface area contributed by atoms with Crippen molar-refractivity contribution in [2.24, 2.45) is 5.92 Å². The zero-order chi connectivity index (χ0) is 19.3. The Bertz CT molecular complexity index is 575. The van der Waals surface area contributed by atoms with Crippen molar-refractivity contribution in [3.63, 3.8) is 0 Å². The molecule has 0 aromatic carbocycles. The van der Waals surface area contributed by atoms with Crippen molar-refractivity contribution in [2.75, 3.05) is 6.61 Å². The van der Waals surface area contributed by atoms with Crippen LogP contribution in [0.15, 0.2) is 11.8 Å². The molecule has 9 atom stereocenters. The maximum Gasteiger partial charge on any atom is 0.210 e. The number of hydrogen-bond acceptors (Lipinski definition) is 10. The van der Waals surface area contributed by atoms with Crippen molar-refractivity contribution < 1.29 is 49.6 Å². The Morgan fingerprint density at radius 3 is 2.50 bits per heavy atom. The van der Waals surface area contributed by atoms with Crippen LogP contribution >= 0.6 is 0 Å². The van der Waals surface area contributed by atoms with Crippen LogP contribution in [0.1, 0.15) is 19.8 Å². The number of aliphatic hydroxyl groups excluding tert-OH is 4. The third kappa shape index (κ3) is 2.96. The van der Waals surface area contributed by atoms with Crippen molar-refractivity contribution >= 4 is 6.29 Å². The average Bonchev–Trinajstić information content (AvgIpc) is 2.86. The van der Waals surface area contributed by atoms with Gasteiger partial charge in [0.25, 0.3) is 0 Å². The molecule has 1 aliphatic carbocycles. The molecule has 3 rings (SSSR count). The van der Waals surface area contributed by atoms with Crippen LogP contribution < -0.4 is 0 Å². The Morgan fingerprint density at radius 2 is 1.88 bits per heavy atom. The number of hydrogen-bond donors (Lipinski definition) is 6. The molecular weight excluding hydrogens is 352 g/mol. The lowest BCUT2D eigenvalue weighted by Crippen LogP contribution is -2.62. The summed E-state index contributed by atoms with van der Waals surface area (Å²) in [5, 5.41) is 60.5. The monoisotopic (exact) mass is 376 g/mol. The van der Waals surface area contributed by atoms with Gasteiger partial charge in [0.15, 0.2) is 12.6 Å². The fraction of sp³-hybridized carbons (Fsp3) is 0.812. The van der Waals surface area contributed by atoms with Crippen LogP contribution in [0.2, 0.25) is 0 Å². The van der Waals surface area contributed by atoms with Gasteiger partial charge < -0.3 is 44.8 Å². The molecule has 0 radical (unpaired) electrons. The van der Waals surface area contributed by atoms with Gasteiger partial charge in [0.2, 0.25) is 6.29 Å². The number of aliphatic hydroxyl groups is 6. The van der Waals surface area contributed by atoms with E-state index in [0.29, 0.717) is 6.29 Å². The number of ether oxygens (including phenoxy) is 3. The second-order valence-corrected chi connectivity index (χ2v) is 7.29. The van der Waals surface area contributed by atoms with Gasteiger partial charge in [-0.15, -0.1) is 0 Å². The quantitative estimate of drug-likeness (QED) is 0.281. The Hall–Kier alpha value is -1.11. The summed E-state index contributed by atoms with van der Waals surface area (Å²) in [4.78, 5) is 11.2. The fourth-order valence-electron chi connectivity index (χ4n) is 3.98. The lowest BCUT2D eigenvalue weighted by Gasteiger charge is -2.46. The summed E-state index contributed by atoms with van der Waals surface area (Å²) in [6, 6.07) is 0. The van der Waals surface area contributed by atoms with Crippen LogP contribution in [0.25, 0.3) is 0 Å². The summed E-state index contributed by atoms with van der Waals surface area (Å²) < 4.78 is 16.2. The number of carbonyl (C=O) groups is 1. The van der Waals surface area contributed by atoms with Gasteiger partial charge in [0.1, 0.15) is 30.0 Å². The summed E-state index contributed by atoms with van der Waals surface area (Å²) in [5.74, 6) is -1.06. The van der Waals surface area contributed by atoms with E-state index in [2.05, 4.69) is 0 Å². The molecule has 0 spiro atoms. The second-order valence-electron chi connectivity index (χ2n) is 7.29. The Kier molecular flexibility index (Phi) is 5.14. The third-order valence-corrected chi connectivity index (χ3v) is 5.54. The van der Waals surface area contributed by atoms with Gasteiger partial charge in [-0.05, 0) is 19.8 Å². The topological polar surface area (TPSA) is 166 Å². The van der Waals surface area contributed by atoms with E-state index >= 15 is 0 Å². The molecule has 2 aliphatic heterocycles. The molecule has 0 aromatic rings. The van der Waals surface area contributed by atoms with Gasteiger partial charge in [0, 0.05) is 0 Å². The van der Waals surface area contributed by atoms with Crippen molar-refractivity contribution in [3.8, 4) is 0 Å². The first-order chi connectivity index (χ1) is 12.2. The smallest absolute Gasteiger partial charge is 0.210 e. The van der Waals surface area contributed by atoms with E-state index in [9.17, 15) is 35.4 Å². The summed E-state index contributed by atoms with van der Waals surface area (Å²) in [6.07, 6.45) is -7.07. The molecular formula is C16H24O10. The Balaban J connectivity index is 1.85. The summed E-state index contributed by atoms with van der Waals surface area (Å²) in [7, 11) is 0. The Morgan fingerprint density at radius 1 is 1.19 bits per heavy atom. The minimum Gasteiger partial charge on any atom is -0.471 e. The summed E-state index contributed by atoms with van der Waals surface area (Å²) in [5.41, 5.74) is -3.15. The molecule has 0 aromatic heterocycles. The maximum atomic E-state index is 11.2. The van der Waals surface area contributed by atoms with Gasteiger partial charge in [-0.2, -0.15) is 0 Å². The van der Waals surface area contributed by atoms with Crippen LogP contribution in [0.4, 0.5) is 0 Å². The number of rotatable bonds is 4. The lowest BCUT2D eigenvalue weighted by atomic mass is 9.78. The molecule has 148 valence electrons. The Labute approximate surface area is 149 Å². The number of fused-ring (bicyclic) bond motifs is 1. The molecule has 10 nitrogen and oxygen atoms in total. The molecule has 3 aliphatic rings. The minimum absolute atomic E-state index is 0.0334. The molecule has 0 unspecified atom stereocenters. The van der Waals surface area contributed by atoms with Crippen LogP contribution in [0.5, 0.6) is 0 Å². The average molecular weight is 376 g/mol. The van der Waals surface area contributed by atoms with Crippen LogP contribution in [0, 0.1) is 5.92 Å². The molecule has 10 heteroatoms. The van der Waals surface area contributed by atoms with Crippen LogP contribution in [-0.4, -0.2) is 91.7 Å². The lowest BCUT2D eigenvalue weighted by molar-refractivity contribution is -0.351. The molecule has 26 heavy (non-hydrogen) atoms. The van der Waals surface area contributed by atoms with Crippen LogP contribution in [0.3, 0.4) is 0 Å². The van der Waals surface area contributed by atoms with Crippen molar-refractivity contribution in [3.05, 3.63) is 11.8 Å². The van der Waals surface area contributed by atoms with E-state index in [1.54, 1.807) is 0 Å².